The Balaban J connectivity index is 3.01. The van der Waals surface area contributed by atoms with E-state index in [-0.39, 0.29) is 15.4 Å². The summed E-state index contributed by atoms with van der Waals surface area (Å²) in [7, 11) is 1.72. The summed E-state index contributed by atoms with van der Waals surface area (Å²) in [4.78, 5) is 10.8. The topological polar surface area (TPSA) is 73.0 Å². The Morgan fingerprint density at radius 2 is 2.17 bits per heavy atom. The van der Waals surface area contributed by atoms with Gasteiger partial charge in [0.25, 0.3) is 0 Å². The highest BCUT2D eigenvalue weighted by Gasteiger charge is 2.27. The first kappa shape index (κ1) is 14.8. The summed E-state index contributed by atoms with van der Waals surface area (Å²) in [5.41, 5.74) is 0.615. The van der Waals surface area contributed by atoms with Crippen molar-refractivity contribution in [2.45, 2.75) is 31.9 Å². The smallest absolute Gasteiger partial charge is 0.333 e. The number of aryl methyl sites for hydroxylation is 2. The second-order valence-corrected chi connectivity index (χ2v) is 6.21. The van der Waals surface area contributed by atoms with E-state index in [0.29, 0.717) is 24.5 Å². The maximum absolute atomic E-state index is 11.1. The van der Waals surface area contributed by atoms with Crippen molar-refractivity contribution in [3.8, 4) is 0 Å². The van der Waals surface area contributed by atoms with Crippen LogP contribution in [0.25, 0.3) is 0 Å². The molecule has 0 radical (unpaired) electrons. The van der Waals surface area contributed by atoms with Gasteiger partial charge in [0.05, 0.1) is 4.92 Å². The van der Waals surface area contributed by atoms with E-state index in [1.165, 1.54) is 0 Å². The summed E-state index contributed by atoms with van der Waals surface area (Å²) in [6, 6.07) is 0. The lowest BCUT2D eigenvalue weighted by Crippen LogP contribution is -2.26. The van der Waals surface area contributed by atoms with Crippen LogP contribution in [-0.4, -0.2) is 32.3 Å². The first-order valence-corrected chi connectivity index (χ1v) is 7.04. The summed E-state index contributed by atoms with van der Waals surface area (Å²) in [6.45, 7) is 6.70. The van der Waals surface area contributed by atoms with E-state index in [9.17, 15) is 10.1 Å². The van der Waals surface area contributed by atoms with E-state index >= 15 is 0 Å². The fraction of sp³-hybridized carbons (Fsp3) is 0.727. The minimum Gasteiger partial charge on any atom is -0.363 e. The highest BCUT2D eigenvalue weighted by molar-refractivity contribution is 7.99. The molecule has 6 nitrogen and oxygen atoms in total. The largest absolute Gasteiger partial charge is 0.363 e. The number of nitro groups is 1. The summed E-state index contributed by atoms with van der Waals surface area (Å²) in [6.07, 6.45) is 2.58. The Morgan fingerprint density at radius 3 is 2.61 bits per heavy atom. The Morgan fingerprint density at radius 1 is 1.56 bits per heavy atom. The quantitative estimate of drug-likeness (QED) is 0.636. The Bertz CT molecular complexity index is 442. The van der Waals surface area contributed by atoms with Crippen molar-refractivity contribution in [3.63, 3.8) is 0 Å². The van der Waals surface area contributed by atoms with Crippen molar-refractivity contribution < 1.29 is 4.92 Å². The molecule has 102 valence electrons. The first-order valence-electron chi connectivity index (χ1n) is 5.81. The molecule has 0 atom stereocenters. The van der Waals surface area contributed by atoms with E-state index < -0.39 is 0 Å². The third kappa shape index (κ3) is 3.16. The molecule has 0 aliphatic carbocycles. The number of aromatic nitrogens is 2. The molecule has 0 bridgehead atoms. The number of hydrogen-bond donors (Lipinski definition) is 1. The number of nitrogens with zero attached hydrogens (tertiary/aromatic N) is 3. The van der Waals surface area contributed by atoms with Crippen molar-refractivity contribution in [1.82, 2.24) is 9.78 Å². The zero-order chi connectivity index (χ0) is 13.9. The maximum atomic E-state index is 11.1. The predicted molar refractivity (Wildman–Crippen MR) is 75.3 cm³/mol. The number of hydrogen-bond acceptors (Lipinski definition) is 5. The molecule has 1 heterocycles. The molecule has 0 amide bonds. The lowest BCUT2D eigenvalue weighted by Gasteiger charge is -2.22. The average molecular weight is 272 g/mol. The normalized spacial score (nSPS) is 11.6. The lowest BCUT2D eigenvalue weighted by atomic mass is 10.2. The summed E-state index contributed by atoms with van der Waals surface area (Å²) in [5.74, 6) is 0.485. The molecule has 0 aliphatic heterocycles. The molecule has 0 saturated heterocycles. The standard InChI is InChI=1S/C11H20N4O2S/c1-6-8-9(15(16)17)10(14(4)13-8)12-7-11(2,3)18-5/h12H,6-7H2,1-5H3. The number of thioether (sulfide) groups is 1. The van der Waals surface area contributed by atoms with Crippen molar-refractivity contribution in [1.29, 1.82) is 0 Å². The van der Waals surface area contributed by atoms with Gasteiger partial charge >= 0.3 is 5.69 Å². The van der Waals surface area contributed by atoms with Gasteiger partial charge in [-0.3, -0.25) is 10.1 Å². The second kappa shape index (κ2) is 5.60. The molecule has 1 aromatic heterocycles. The molecule has 0 aromatic carbocycles. The van der Waals surface area contributed by atoms with Crippen LogP contribution in [0.2, 0.25) is 0 Å². The number of nitrogens with one attached hydrogen (secondary N) is 1. The zero-order valence-corrected chi connectivity index (χ0v) is 12.3. The molecule has 1 N–H and O–H groups in total. The van der Waals surface area contributed by atoms with Gasteiger partial charge in [0.15, 0.2) is 0 Å². The van der Waals surface area contributed by atoms with Gasteiger partial charge in [0.2, 0.25) is 5.82 Å². The molecule has 0 aliphatic rings. The molecule has 7 heteroatoms. The Labute approximate surface area is 111 Å². The molecular weight excluding hydrogens is 252 g/mol. The summed E-state index contributed by atoms with van der Waals surface area (Å²) >= 11 is 1.72. The third-order valence-electron chi connectivity index (χ3n) is 2.84. The van der Waals surface area contributed by atoms with Gasteiger partial charge in [-0.1, -0.05) is 6.92 Å². The highest BCUT2D eigenvalue weighted by atomic mass is 32.2. The van der Waals surface area contributed by atoms with Crippen molar-refractivity contribution in [2.24, 2.45) is 7.05 Å². The molecule has 0 fully saturated rings. The minimum atomic E-state index is -0.361. The van der Waals surface area contributed by atoms with Crippen LogP contribution in [-0.2, 0) is 13.5 Å². The molecule has 0 unspecified atom stereocenters. The molecule has 1 rings (SSSR count). The zero-order valence-electron chi connectivity index (χ0n) is 11.5. The van der Waals surface area contributed by atoms with E-state index in [2.05, 4.69) is 24.3 Å². The summed E-state index contributed by atoms with van der Waals surface area (Å²) in [5, 5.41) is 18.4. The number of rotatable bonds is 6. The monoisotopic (exact) mass is 272 g/mol. The number of anilines is 1. The van der Waals surface area contributed by atoms with Crippen LogP contribution in [0.5, 0.6) is 0 Å². The third-order valence-corrected chi connectivity index (χ3v) is 4.09. The lowest BCUT2D eigenvalue weighted by molar-refractivity contribution is -0.384. The van der Waals surface area contributed by atoms with E-state index in [1.807, 2.05) is 13.2 Å². The van der Waals surface area contributed by atoms with Gasteiger partial charge in [0.1, 0.15) is 5.69 Å². The van der Waals surface area contributed by atoms with Crippen LogP contribution in [0.1, 0.15) is 26.5 Å². The second-order valence-electron chi connectivity index (χ2n) is 4.70. The molecule has 0 saturated carbocycles. The van der Waals surface area contributed by atoms with Gasteiger partial charge in [-0.15, -0.1) is 0 Å². The van der Waals surface area contributed by atoms with Gasteiger partial charge in [-0.2, -0.15) is 16.9 Å². The van der Waals surface area contributed by atoms with Crippen LogP contribution in [0.15, 0.2) is 0 Å². The van der Waals surface area contributed by atoms with E-state index in [4.69, 9.17) is 0 Å². The van der Waals surface area contributed by atoms with Gasteiger partial charge in [0, 0.05) is 18.3 Å². The Hall–Kier alpha value is -1.24. The SMILES string of the molecule is CCc1nn(C)c(NCC(C)(C)SC)c1[N+](=O)[O-]. The maximum Gasteiger partial charge on any atom is 0.333 e. The van der Waals surface area contributed by atoms with Crippen LogP contribution >= 0.6 is 11.8 Å². The molecular formula is C11H20N4O2S. The fourth-order valence-electron chi connectivity index (χ4n) is 1.57. The van der Waals surface area contributed by atoms with Gasteiger partial charge in [-0.25, -0.2) is 4.68 Å². The average Bonchev–Trinajstić information content (AvgIpc) is 2.63. The van der Waals surface area contributed by atoms with Crippen molar-refractivity contribution in [3.05, 3.63) is 15.8 Å². The predicted octanol–water partition coefficient (Wildman–Crippen LogP) is 2.44. The van der Waals surface area contributed by atoms with Gasteiger partial charge in [-0.05, 0) is 26.5 Å². The van der Waals surface area contributed by atoms with Crippen LogP contribution in [0.3, 0.4) is 0 Å². The van der Waals surface area contributed by atoms with Crippen LogP contribution in [0, 0.1) is 10.1 Å². The Kier molecular flexibility index (Phi) is 4.61. The summed E-state index contributed by atoms with van der Waals surface area (Å²) < 4.78 is 1.57. The minimum absolute atomic E-state index is 0.0184. The molecule has 18 heavy (non-hydrogen) atoms. The first-order chi connectivity index (χ1) is 8.32. The van der Waals surface area contributed by atoms with Crippen molar-refractivity contribution >= 4 is 23.3 Å². The van der Waals surface area contributed by atoms with Crippen LogP contribution < -0.4 is 5.32 Å². The van der Waals surface area contributed by atoms with E-state index in [0.717, 1.165) is 0 Å². The van der Waals surface area contributed by atoms with Crippen LogP contribution in [0.4, 0.5) is 11.5 Å². The highest BCUT2D eigenvalue weighted by Crippen LogP contribution is 2.30. The fourth-order valence-corrected chi connectivity index (χ4v) is 1.78. The van der Waals surface area contributed by atoms with Gasteiger partial charge < -0.3 is 5.32 Å². The van der Waals surface area contributed by atoms with E-state index in [1.54, 1.807) is 23.5 Å². The van der Waals surface area contributed by atoms with Crippen molar-refractivity contribution in [2.75, 3.05) is 18.1 Å². The molecule has 0 spiro atoms. The molecule has 1 aromatic rings.